The zero-order valence-corrected chi connectivity index (χ0v) is 40.5. The Morgan fingerprint density at radius 2 is 1.64 bits per heavy atom. The minimum atomic E-state index is -0.144. The highest BCUT2D eigenvalue weighted by atomic mass is 79.9. The fourth-order valence-electron chi connectivity index (χ4n) is 7.77. The van der Waals surface area contributed by atoms with Gasteiger partial charge >= 0.3 is 0 Å². The summed E-state index contributed by atoms with van der Waals surface area (Å²) in [5.41, 5.74) is 17.9. The van der Waals surface area contributed by atoms with Gasteiger partial charge in [-0.3, -0.25) is 4.79 Å². The fraction of sp³-hybridized carbons (Fsp3) is 0.529. The number of rotatable bonds is 15. The second-order valence-electron chi connectivity index (χ2n) is 15.7. The van der Waals surface area contributed by atoms with Gasteiger partial charge in [0.15, 0.2) is 5.78 Å². The van der Waals surface area contributed by atoms with Crippen molar-refractivity contribution in [1.82, 2.24) is 9.88 Å². The van der Waals surface area contributed by atoms with Gasteiger partial charge in [-0.05, 0) is 121 Å². The minimum Gasteiger partial charge on any atom is -0.378 e. The lowest BCUT2D eigenvalue weighted by Gasteiger charge is -2.33. The molecule has 1 aliphatic carbocycles. The lowest BCUT2D eigenvalue weighted by Crippen LogP contribution is -2.35. The Hall–Kier alpha value is -3.14. The third-order valence-electron chi connectivity index (χ3n) is 11.6. The molecule has 2 aliphatic rings. The maximum Gasteiger partial charge on any atom is 0.168 e. The molecule has 1 saturated heterocycles. The first kappa shape index (κ1) is 50.2. The number of likely N-dealkylation sites (tertiary alicyclic amines) is 1. The standard InChI is InChI=1S/C41H51BrN4O2S.C6H12.2C2H6/c1-7-27(3)40(47)39-35(42)10-9-11-38(39)46(29(5)8-2)37-17-16-34(24-28(37)4)31-18-20-45(21-19-31)22-23-48-25-36(43)32-12-14-33(15-13-32)41-30(6)44-26-49-41;1-6-4-2-3-5-6;2*1-2/h9-17,24,26-27,31,36H,5,7-8,18-23,25,43H2,1-4,6H3;6H,2-5H2,1H3;2*1-2H3/t27?,36-;;;/m0.../s1. The van der Waals surface area contributed by atoms with E-state index in [1.807, 2.05) is 65.3 Å². The van der Waals surface area contributed by atoms with E-state index in [0.717, 1.165) is 89.6 Å². The number of carbonyl (C=O) groups excluding carboxylic acids is 1. The van der Waals surface area contributed by atoms with Gasteiger partial charge in [-0.2, -0.15) is 0 Å². The molecular formula is C51H75BrN4O2S. The average molecular weight is 888 g/mol. The molecule has 3 aromatic carbocycles. The predicted molar refractivity (Wildman–Crippen MR) is 259 cm³/mol. The molecule has 0 amide bonds. The summed E-state index contributed by atoms with van der Waals surface area (Å²) in [7, 11) is 0. The molecule has 4 aromatic rings. The van der Waals surface area contributed by atoms with Crippen molar-refractivity contribution in [1.29, 1.82) is 0 Å². The van der Waals surface area contributed by atoms with Gasteiger partial charge < -0.3 is 20.3 Å². The molecule has 1 unspecified atom stereocenters. The van der Waals surface area contributed by atoms with Crippen molar-refractivity contribution in [3.05, 3.63) is 111 Å². The van der Waals surface area contributed by atoms with E-state index in [9.17, 15) is 4.79 Å². The molecule has 8 heteroatoms. The van der Waals surface area contributed by atoms with E-state index in [4.69, 9.17) is 10.5 Å². The summed E-state index contributed by atoms with van der Waals surface area (Å²) in [6.07, 6.45) is 9.76. The van der Waals surface area contributed by atoms with Crippen LogP contribution in [0.1, 0.15) is 151 Å². The highest BCUT2D eigenvalue weighted by Gasteiger charge is 2.27. The monoisotopic (exact) mass is 886 g/mol. The molecule has 1 saturated carbocycles. The number of aromatic nitrogens is 1. The Kier molecular flexibility index (Phi) is 22.3. The molecule has 0 radical (unpaired) electrons. The number of Topliss-reactive ketones (excluding diaryl/α,β-unsaturated/α-hetero) is 1. The molecule has 0 spiro atoms. The second kappa shape index (κ2) is 26.3. The first-order valence-corrected chi connectivity index (χ1v) is 24.2. The van der Waals surface area contributed by atoms with Crippen molar-refractivity contribution in [3.63, 3.8) is 0 Å². The van der Waals surface area contributed by atoms with Crippen LogP contribution in [-0.2, 0) is 4.74 Å². The number of halogens is 1. The van der Waals surface area contributed by atoms with Gasteiger partial charge in [0.2, 0.25) is 0 Å². The van der Waals surface area contributed by atoms with Gasteiger partial charge in [0, 0.05) is 28.3 Å². The number of carbonyl (C=O) groups is 1. The quantitative estimate of drug-likeness (QED) is 0.0947. The number of nitrogens with zero attached hydrogens (tertiary/aromatic N) is 3. The van der Waals surface area contributed by atoms with Gasteiger partial charge in [-0.25, -0.2) is 4.98 Å². The van der Waals surface area contributed by atoms with Crippen LogP contribution in [0.3, 0.4) is 0 Å². The van der Waals surface area contributed by atoms with Gasteiger partial charge in [0.05, 0.1) is 46.6 Å². The summed E-state index contributed by atoms with van der Waals surface area (Å²) in [4.78, 5) is 23.8. The zero-order chi connectivity index (χ0) is 43.5. The Labute approximate surface area is 371 Å². The largest absolute Gasteiger partial charge is 0.378 e. The highest BCUT2D eigenvalue weighted by Crippen LogP contribution is 2.40. The number of nitrogens with two attached hydrogens (primary N) is 1. The van der Waals surface area contributed by atoms with Crippen molar-refractivity contribution in [2.45, 2.75) is 133 Å². The van der Waals surface area contributed by atoms with E-state index in [1.165, 1.54) is 47.3 Å². The van der Waals surface area contributed by atoms with Crippen LogP contribution in [-0.4, -0.2) is 48.5 Å². The molecule has 1 aliphatic heterocycles. The van der Waals surface area contributed by atoms with Gasteiger partial charge in [-0.1, -0.05) is 130 Å². The smallest absolute Gasteiger partial charge is 0.168 e. The van der Waals surface area contributed by atoms with E-state index in [2.05, 4.69) is 107 Å². The number of hydrogen-bond acceptors (Lipinski definition) is 7. The number of anilines is 2. The summed E-state index contributed by atoms with van der Waals surface area (Å²) in [6.45, 7) is 29.4. The lowest BCUT2D eigenvalue weighted by molar-refractivity contribution is 0.0854. The topological polar surface area (TPSA) is 71.7 Å². The van der Waals surface area contributed by atoms with Gasteiger partial charge in [0.25, 0.3) is 0 Å². The van der Waals surface area contributed by atoms with Crippen molar-refractivity contribution in [2.75, 3.05) is 37.7 Å². The van der Waals surface area contributed by atoms with E-state index in [0.29, 0.717) is 19.1 Å². The number of allylic oxidation sites excluding steroid dienone is 1. The van der Waals surface area contributed by atoms with Crippen molar-refractivity contribution < 1.29 is 9.53 Å². The molecular weight excluding hydrogens is 813 g/mol. The van der Waals surface area contributed by atoms with Crippen LogP contribution in [0.5, 0.6) is 0 Å². The van der Waals surface area contributed by atoms with Crippen LogP contribution in [0.2, 0.25) is 0 Å². The molecule has 2 atom stereocenters. The minimum absolute atomic E-state index is 0.0599. The van der Waals surface area contributed by atoms with Crippen molar-refractivity contribution in [2.24, 2.45) is 17.6 Å². The summed E-state index contributed by atoms with van der Waals surface area (Å²) in [6, 6.07) is 21.2. The molecule has 0 bridgehead atoms. The van der Waals surface area contributed by atoms with Crippen LogP contribution in [0.15, 0.2) is 82.9 Å². The zero-order valence-electron chi connectivity index (χ0n) is 38.1. The number of aryl methyl sites for hydroxylation is 2. The maximum absolute atomic E-state index is 13.6. The third-order valence-corrected chi connectivity index (χ3v) is 13.3. The number of ether oxygens (including phenoxy) is 1. The average Bonchev–Trinajstić information content (AvgIpc) is 3.94. The number of piperidine rings is 1. The SMILES string of the molecule is C=C(CC)N(c1ccc(C2CCN(CCOC[C@H](N)c3ccc(-c4scnc4C)cc3)CC2)cc1C)c1cccc(Br)c1C(=O)C(C)CC.CC.CC.CC1CCCC1. The second-order valence-corrected chi connectivity index (χ2v) is 17.4. The van der Waals surface area contributed by atoms with E-state index < -0.39 is 0 Å². The molecule has 2 N–H and O–H groups in total. The molecule has 59 heavy (non-hydrogen) atoms. The summed E-state index contributed by atoms with van der Waals surface area (Å²) < 4.78 is 6.87. The molecule has 1 aromatic heterocycles. The third kappa shape index (κ3) is 14.2. The number of ketones is 1. The van der Waals surface area contributed by atoms with Crippen LogP contribution < -0.4 is 10.6 Å². The van der Waals surface area contributed by atoms with Crippen LogP contribution in [0.4, 0.5) is 11.4 Å². The Balaban J connectivity index is 0.000000831. The summed E-state index contributed by atoms with van der Waals surface area (Å²) >= 11 is 5.36. The fourth-order valence-corrected chi connectivity index (χ4v) is 9.13. The molecule has 2 fully saturated rings. The Bertz CT molecular complexity index is 1840. The van der Waals surface area contributed by atoms with E-state index in [-0.39, 0.29) is 17.7 Å². The van der Waals surface area contributed by atoms with Crippen molar-refractivity contribution in [3.8, 4) is 10.4 Å². The molecule has 324 valence electrons. The summed E-state index contributed by atoms with van der Waals surface area (Å²) in [5.74, 6) is 1.66. The Morgan fingerprint density at radius 1 is 0.983 bits per heavy atom. The highest BCUT2D eigenvalue weighted by molar-refractivity contribution is 9.10. The molecule has 6 nitrogen and oxygen atoms in total. The first-order valence-electron chi connectivity index (χ1n) is 22.5. The van der Waals surface area contributed by atoms with Gasteiger partial charge in [0.1, 0.15) is 0 Å². The van der Waals surface area contributed by atoms with Gasteiger partial charge in [-0.15, -0.1) is 11.3 Å². The number of thiazole rings is 1. The normalized spacial score (nSPS) is 15.5. The van der Waals surface area contributed by atoms with Crippen LogP contribution in [0, 0.1) is 25.7 Å². The Morgan fingerprint density at radius 3 is 2.19 bits per heavy atom. The van der Waals surface area contributed by atoms with E-state index >= 15 is 0 Å². The molecule has 6 rings (SSSR count). The van der Waals surface area contributed by atoms with Crippen molar-refractivity contribution >= 4 is 44.4 Å². The number of hydrogen-bond donors (Lipinski definition) is 1. The number of benzene rings is 3. The van der Waals surface area contributed by atoms with E-state index in [1.54, 1.807) is 11.3 Å². The lowest BCUT2D eigenvalue weighted by atomic mass is 9.88. The van der Waals surface area contributed by atoms with Crippen LogP contribution >= 0.6 is 27.3 Å². The molecule has 2 heterocycles. The van der Waals surface area contributed by atoms with Crippen LogP contribution in [0.25, 0.3) is 10.4 Å². The first-order chi connectivity index (χ1) is 28.5. The predicted octanol–water partition coefficient (Wildman–Crippen LogP) is 14.6. The summed E-state index contributed by atoms with van der Waals surface area (Å²) in [5, 5.41) is 0. The maximum atomic E-state index is 13.6.